The van der Waals surface area contributed by atoms with Crippen LogP contribution in [0.2, 0.25) is 0 Å². The molecule has 2 aromatic carbocycles. The Bertz CT molecular complexity index is 514. The first-order valence-electron chi connectivity index (χ1n) is 6.17. The molecule has 2 rings (SSSR count). The molecule has 1 nitrogen and oxygen atoms in total. The average molecular weight is 238 g/mol. The van der Waals surface area contributed by atoms with Gasteiger partial charge in [0, 0.05) is 0 Å². The van der Waals surface area contributed by atoms with Crippen LogP contribution >= 0.6 is 0 Å². The Morgan fingerprint density at radius 1 is 1.00 bits per heavy atom. The van der Waals surface area contributed by atoms with Crippen LogP contribution in [-0.2, 0) is 0 Å². The van der Waals surface area contributed by atoms with Crippen molar-refractivity contribution in [2.45, 2.75) is 12.8 Å². The van der Waals surface area contributed by atoms with Gasteiger partial charge >= 0.3 is 0 Å². The second-order valence-electron chi connectivity index (χ2n) is 4.34. The molecule has 0 heterocycles. The topological polar surface area (TPSA) is 9.23 Å². The molecule has 0 aliphatic carbocycles. The lowest BCUT2D eigenvalue weighted by Gasteiger charge is -2.06. The number of rotatable bonds is 4. The minimum atomic E-state index is 0.414. The first kappa shape index (κ1) is 12.4. The van der Waals surface area contributed by atoms with Crippen LogP contribution in [0.15, 0.2) is 60.7 Å². The number of allylic oxidation sites excluding steroid dienone is 1. The van der Waals surface area contributed by atoms with E-state index >= 15 is 0 Å². The van der Waals surface area contributed by atoms with Crippen LogP contribution in [0.1, 0.15) is 24.0 Å². The summed E-state index contributed by atoms with van der Waals surface area (Å²) in [6, 6.07) is 18.6. The third kappa shape index (κ3) is 3.24. The predicted molar refractivity (Wildman–Crippen MR) is 76.9 cm³/mol. The second-order valence-corrected chi connectivity index (χ2v) is 4.34. The molecule has 0 N–H and O–H groups in total. The summed E-state index contributed by atoms with van der Waals surface area (Å²) >= 11 is 0. The molecular formula is C17H18O. The molecule has 1 heteroatoms. The van der Waals surface area contributed by atoms with Gasteiger partial charge < -0.3 is 4.74 Å². The molecular weight excluding hydrogens is 220 g/mol. The quantitative estimate of drug-likeness (QED) is 0.761. The Balaban J connectivity index is 2.10. The van der Waals surface area contributed by atoms with Gasteiger partial charge in [0.1, 0.15) is 5.75 Å². The molecule has 1 atom stereocenters. The van der Waals surface area contributed by atoms with Crippen molar-refractivity contribution >= 4 is 6.08 Å². The average Bonchev–Trinajstić information content (AvgIpc) is 2.46. The zero-order valence-electron chi connectivity index (χ0n) is 10.8. The lowest BCUT2D eigenvalue weighted by molar-refractivity contribution is 0.414. The third-order valence-electron chi connectivity index (χ3n) is 3.00. The fourth-order valence-electron chi connectivity index (χ4n) is 1.87. The molecule has 0 amide bonds. The fraction of sp³-hybridized carbons (Fsp3) is 0.176. The Kier molecular flexibility index (Phi) is 4.19. The molecule has 18 heavy (non-hydrogen) atoms. The van der Waals surface area contributed by atoms with Crippen molar-refractivity contribution in [1.82, 2.24) is 0 Å². The summed E-state index contributed by atoms with van der Waals surface area (Å²) in [4.78, 5) is 0. The fourth-order valence-corrected chi connectivity index (χ4v) is 1.87. The Morgan fingerprint density at radius 2 is 1.78 bits per heavy atom. The first-order chi connectivity index (χ1) is 8.79. The first-order valence-corrected chi connectivity index (χ1v) is 6.17. The molecule has 0 saturated heterocycles. The van der Waals surface area contributed by atoms with Crippen molar-refractivity contribution in [3.8, 4) is 5.75 Å². The molecule has 0 spiro atoms. The van der Waals surface area contributed by atoms with Gasteiger partial charge in [-0.2, -0.15) is 0 Å². The standard InChI is InChI=1S/C17H18O/c1-14(16-8-4-3-5-9-16)11-12-15-7-6-10-17(13-15)18-2/h3-14H,1-2H3/b12-11+. The van der Waals surface area contributed by atoms with Gasteiger partial charge in [-0.3, -0.25) is 0 Å². The van der Waals surface area contributed by atoms with Crippen molar-refractivity contribution in [2.24, 2.45) is 0 Å². The minimum Gasteiger partial charge on any atom is -0.497 e. The van der Waals surface area contributed by atoms with Crippen LogP contribution in [0.3, 0.4) is 0 Å². The van der Waals surface area contributed by atoms with Gasteiger partial charge in [-0.05, 0) is 29.2 Å². The monoisotopic (exact) mass is 238 g/mol. The van der Waals surface area contributed by atoms with Crippen molar-refractivity contribution in [3.63, 3.8) is 0 Å². The van der Waals surface area contributed by atoms with E-state index in [-0.39, 0.29) is 0 Å². The summed E-state index contributed by atoms with van der Waals surface area (Å²) in [6.45, 7) is 2.20. The lowest BCUT2D eigenvalue weighted by Crippen LogP contribution is -1.88. The van der Waals surface area contributed by atoms with E-state index in [1.165, 1.54) is 5.56 Å². The predicted octanol–water partition coefficient (Wildman–Crippen LogP) is 4.51. The molecule has 0 aromatic heterocycles. The van der Waals surface area contributed by atoms with Crippen molar-refractivity contribution < 1.29 is 4.74 Å². The van der Waals surface area contributed by atoms with E-state index in [4.69, 9.17) is 4.74 Å². The molecule has 0 radical (unpaired) electrons. The molecule has 1 unspecified atom stereocenters. The van der Waals surface area contributed by atoms with Crippen molar-refractivity contribution in [2.75, 3.05) is 7.11 Å². The summed E-state index contributed by atoms with van der Waals surface area (Å²) in [6.07, 6.45) is 4.35. The Hall–Kier alpha value is -2.02. The molecule has 0 aliphatic heterocycles. The lowest BCUT2D eigenvalue weighted by atomic mass is 10.00. The molecule has 0 saturated carbocycles. The summed E-state index contributed by atoms with van der Waals surface area (Å²) in [5.41, 5.74) is 2.49. The van der Waals surface area contributed by atoms with Crippen molar-refractivity contribution in [3.05, 3.63) is 71.8 Å². The molecule has 0 aliphatic rings. The maximum atomic E-state index is 5.21. The van der Waals surface area contributed by atoms with E-state index in [1.54, 1.807) is 7.11 Å². The van der Waals surface area contributed by atoms with Gasteiger partial charge in [-0.1, -0.05) is 61.5 Å². The van der Waals surface area contributed by atoms with E-state index in [0.29, 0.717) is 5.92 Å². The van der Waals surface area contributed by atoms with Gasteiger partial charge in [0.25, 0.3) is 0 Å². The number of hydrogen-bond acceptors (Lipinski definition) is 1. The van der Waals surface area contributed by atoms with Gasteiger partial charge in [-0.25, -0.2) is 0 Å². The van der Waals surface area contributed by atoms with Gasteiger partial charge in [0.05, 0.1) is 7.11 Å². The van der Waals surface area contributed by atoms with Gasteiger partial charge in [-0.15, -0.1) is 0 Å². The van der Waals surface area contributed by atoms with Crippen LogP contribution in [0.5, 0.6) is 5.75 Å². The second kappa shape index (κ2) is 6.06. The molecule has 0 bridgehead atoms. The van der Waals surface area contributed by atoms with Gasteiger partial charge in [0.15, 0.2) is 0 Å². The number of benzene rings is 2. The maximum Gasteiger partial charge on any atom is 0.119 e. The SMILES string of the molecule is COc1cccc(/C=C/C(C)c2ccccc2)c1. The molecule has 0 fully saturated rings. The zero-order valence-corrected chi connectivity index (χ0v) is 10.8. The summed E-state index contributed by atoms with van der Waals surface area (Å²) in [5, 5.41) is 0. The van der Waals surface area contributed by atoms with Crippen LogP contribution in [0.25, 0.3) is 6.08 Å². The van der Waals surface area contributed by atoms with Crippen LogP contribution < -0.4 is 4.74 Å². The van der Waals surface area contributed by atoms with E-state index in [0.717, 1.165) is 11.3 Å². The minimum absolute atomic E-state index is 0.414. The molecule has 92 valence electrons. The highest BCUT2D eigenvalue weighted by atomic mass is 16.5. The number of ether oxygens (including phenoxy) is 1. The number of hydrogen-bond donors (Lipinski definition) is 0. The van der Waals surface area contributed by atoms with Crippen LogP contribution in [0.4, 0.5) is 0 Å². The summed E-state index contributed by atoms with van der Waals surface area (Å²) in [7, 11) is 1.69. The van der Waals surface area contributed by atoms with E-state index < -0.39 is 0 Å². The normalized spacial score (nSPS) is 12.6. The highest BCUT2D eigenvalue weighted by molar-refractivity contribution is 5.53. The third-order valence-corrected chi connectivity index (χ3v) is 3.00. The van der Waals surface area contributed by atoms with Crippen molar-refractivity contribution in [1.29, 1.82) is 0 Å². The highest BCUT2D eigenvalue weighted by Crippen LogP contribution is 2.19. The maximum absolute atomic E-state index is 5.21. The van der Waals surface area contributed by atoms with E-state index in [1.807, 2.05) is 24.3 Å². The van der Waals surface area contributed by atoms with Crippen LogP contribution in [0, 0.1) is 0 Å². The smallest absolute Gasteiger partial charge is 0.119 e. The van der Waals surface area contributed by atoms with E-state index in [9.17, 15) is 0 Å². The highest BCUT2D eigenvalue weighted by Gasteiger charge is 1.99. The Labute approximate surface area is 109 Å². The molecule has 2 aromatic rings. The van der Waals surface area contributed by atoms with Gasteiger partial charge in [0.2, 0.25) is 0 Å². The summed E-state index contributed by atoms with van der Waals surface area (Å²) < 4.78 is 5.21. The zero-order chi connectivity index (χ0) is 12.8. The summed E-state index contributed by atoms with van der Waals surface area (Å²) in [5.74, 6) is 1.31. The van der Waals surface area contributed by atoms with Crippen LogP contribution in [-0.4, -0.2) is 7.11 Å². The van der Waals surface area contributed by atoms with E-state index in [2.05, 4.69) is 49.4 Å². The number of methoxy groups -OCH3 is 1. The Morgan fingerprint density at radius 3 is 2.50 bits per heavy atom. The largest absolute Gasteiger partial charge is 0.497 e.